The second-order valence-electron chi connectivity index (χ2n) is 5.06. The van der Waals surface area contributed by atoms with Crippen molar-refractivity contribution in [2.24, 2.45) is 0 Å². The number of hydrogen-bond donors (Lipinski definition) is 3. The van der Waals surface area contributed by atoms with Gasteiger partial charge >= 0.3 is 5.97 Å². The molecule has 0 saturated heterocycles. The molecule has 0 bridgehead atoms. The summed E-state index contributed by atoms with van der Waals surface area (Å²) in [6, 6.07) is 5.92. The molecule has 0 aromatic heterocycles. The first kappa shape index (κ1) is 13.4. The number of aliphatic carboxylic acids is 1. The van der Waals surface area contributed by atoms with Crippen LogP contribution in [-0.2, 0) is 4.79 Å². The number of carbonyl (C=O) groups is 2. The highest BCUT2D eigenvalue weighted by Crippen LogP contribution is 2.33. The Balaban J connectivity index is 2.11. The Morgan fingerprint density at radius 1 is 1.16 bits per heavy atom. The lowest BCUT2D eigenvalue weighted by Gasteiger charge is -2.28. The molecule has 5 nitrogen and oxygen atoms in total. The molecule has 1 saturated carbocycles. The van der Waals surface area contributed by atoms with Gasteiger partial charge in [-0.1, -0.05) is 12.8 Å². The van der Waals surface area contributed by atoms with E-state index in [1.165, 1.54) is 24.3 Å². The molecule has 1 fully saturated rings. The molecule has 1 aliphatic carbocycles. The van der Waals surface area contributed by atoms with E-state index in [-0.39, 0.29) is 18.1 Å². The van der Waals surface area contributed by atoms with Crippen LogP contribution in [0.3, 0.4) is 0 Å². The minimum Gasteiger partial charge on any atom is -0.508 e. The third-order valence-electron chi connectivity index (χ3n) is 3.56. The lowest BCUT2D eigenvalue weighted by molar-refractivity contribution is -0.138. The van der Waals surface area contributed by atoms with Crippen molar-refractivity contribution in [3.63, 3.8) is 0 Å². The number of carbonyl (C=O) groups excluding carboxylic acids is 1. The van der Waals surface area contributed by atoms with Crippen molar-refractivity contribution in [3.8, 4) is 5.75 Å². The van der Waals surface area contributed by atoms with Crippen LogP contribution in [0.25, 0.3) is 0 Å². The largest absolute Gasteiger partial charge is 0.508 e. The molecular weight excluding hydrogens is 246 g/mol. The number of phenols is 1. The van der Waals surface area contributed by atoms with Crippen molar-refractivity contribution in [1.82, 2.24) is 5.32 Å². The highest BCUT2D eigenvalue weighted by Gasteiger charge is 2.37. The molecule has 0 atom stereocenters. The molecule has 2 rings (SSSR count). The monoisotopic (exact) mass is 263 g/mol. The first-order valence-corrected chi connectivity index (χ1v) is 6.34. The maximum atomic E-state index is 12.1. The molecule has 0 heterocycles. The van der Waals surface area contributed by atoms with E-state index in [1.54, 1.807) is 0 Å². The molecule has 3 N–H and O–H groups in total. The van der Waals surface area contributed by atoms with Crippen molar-refractivity contribution < 1.29 is 19.8 Å². The van der Waals surface area contributed by atoms with E-state index in [0.717, 1.165) is 12.8 Å². The number of carboxylic acid groups (broad SMARTS) is 1. The van der Waals surface area contributed by atoms with Crippen LogP contribution >= 0.6 is 0 Å². The standard InChI is InChI=1S/C14H17NO4/c16-11-5-3-10(4-6-11)13(19)15-14(9-12(17)18)7-1-2-8-14/h3-6,16H,1-2,7-9H2,(H,15,19)(H,17,18). The van der Waals surface area contributed by atoms with Crippen molar-refractivity contribution in [2.75, 3.05) is 0 Å². The number of rotatable bonds is 4. The molecular formula is C14H17NO4. The maximum absolute atomic E-state index is 12.1. The molecule has 1 amide bonds. The van der Waals surface area contributed by atoms with E-state index in [2.05, 4.69) is 5.32 Å². The molecule has 0 radical (unpaired) electrons. The van der Waals surface area contributed by atoms with Crippen molar-refractivity contribution >= 4 is 11.9 Å². The van der Waals surface area contributed by atoms with Crippen LogP contribution in [0.1, 0.15) is 42.5 Å². The summed E-state index contributed by atoms with van der Waals surface area (Å²) < 4.78 is 0. The van der Waals surface area contributed by atoms with Crippen molar-refractivity contribution in [1.29, 1.82) is 0 Å². The average Bonchev–Trinajstić information content (AvgIpc) is 2.77. The van der Waals surface area contributed by atoms with Crippen LogP contribution in [0.2, 0.25) is 0 Å². The number of amides is 1. The van der Waals surface area contributed by atoms with Gasteiger partial charge in [0.25, 0.3) is 5.91 Å². The maximum Gasteiger partial charge on any atom is 0.305 e. The predicted molar refractivity (Wildman–Crippen MR) is 69.0 cm³/mol. The van der Waals surface area contributed by atoms with Gasteiger partial charge in [0, 0.05) is 5.56 Å². The van der Waals surface area contributed by atoms with E-state index in [0.29, 0.717) is 18.4 Å². The number of carboxylic acids is 1. The van der Waals surface area contributed by atoms with Gasteiger partial charge in [0.2, 0.25) is 0 Å². The van der Waals surface area contributed by atoms with Gasteiger partial charge in [0.15, 0.2) is 0 Å². The lowest BCUT2D eigenvalue weighted by Crippen LogP contribution is -2.47. The third kappa shape index (κ3) is 3.24. The van der Waals surface area contributed by atoms with E-state index in [1.807, 2.05) is 0 Å². The zero-order valence-corrected chi connectivity index (χ0v) is 10.6. The van der Waals surface area contributed by atoms with Gasteiger partial charge in [-0.05, 0) is 37.1 Å². The molecule has 0 aliphatic heterocycles. The van der Waals surface area contributed by atoms with Gasteiger partial charge < -0.3 is 15.5 Å². The van der Waals surface area contributed by atoms with Crippen LogP contribution < -0.4 is 5.32 Å². The number of benzene rings is 1. The number of phenolic OH excluding ortho intramolecular Hbond substituents is 1. The van der Waals surface area contributed by atoms with E-state index >= 15 is 0 Å². The van der Waals surface area contributed by atoms with E-state index in [4.69, 9.17) is 5.11 Å². The summed E-state index contributed by atoms with van der Waals surface area (Å²) in [5.41, 5.74) is -0.199. The van der Waals surface area contributed by atoms with Gasteiger partial charge in [-0.2, -0.15) is 0 Å². The van der Waals surface area contributed by atoms with Crippen LogP contribution in [0.4, 0.5) is 0 Å². The highest BCUT2D eigenvalue weighted by molar-refractivity contribution is 5.95. The van der Waals surface area contributed by atoms with Crippen LogP contribution in [0.5, 0.6) is 5.75 Å². The van der Waals surface area contributed by atoms with Gasteiger partial charge in [0.1, 0.15) is 5.75 Å². The molecule has 1 aliphatic rings. The highest BCUT2D eigenvalue weighted by atomic mass is 16.4. The first-order chi connectivity index (χ1) is 9.01. The molecule has 1 aromatic rings. The van der Waals surface area contributed by atoms with Gasteiger partial charge in [-0.15, -0.1) is 0 Å². The molecule has 0 spiro atoms. The Morgan fingerprint density at radius 2 is 1.74 bits per heavy atom. The van der Waals surface area contributed by atoms with E-state index in [9.17, 15) is 14.7 Å². The van der Waals surface area contributed by atoms with Gasteiger partial charge in [-0.3, -0.25) is 9.59 Å². The summed E-state index contributed by atoms with van der Waals surface area (Å²) in [7, 11) is 0. The Bertz CT molecular complexity index is 475. The van der Waals surface area contributed by atoms with Crippen LogP contribution in [-0.4, -0.2) is 27.6 Å². The predicted octanol–water partition coefficient (Wildman–Crippen LogP) is 1.91. The summed E-state index contributed by atoms with van der Waals surface area (Å²) in [6.45, 7) is 0. The topological polar surface area (TPSA) is 86.6 Å². The third-order valence-corrected chi connectivity index (χ3v) is 3.56. The van der Waals surface area contributed by atoms with E-state index < -0.39 is 11.5 Å². The number of hydrogen-bond acceptors (Lipinski definition) is 3. The van der Waals surface area contributed by atoms with Gasteiger partial charge in [-0.25, -0.2) is 0 Å². The van der Waals surface area contributed by atoms with Crippen molar-refractivity contribution in [2.45, 2.75) is 37.6 Å². The molecule has 1 aromatic carbocycles. The zero-order valence-electron chi connectivity index (χ0n) is 10.6. The fraction of sp³-hybridized carbons (Fsp3) is 0.429. The first-order valence-electron chi connectivity index (χ1n) is 6.34. The van der Waals surface area contributed by atoms with Crippen LogP contribution in [0.15, 0.2) is 24.3 Å². The lowest BCUT2D eigenvalue weighted by atomic mass is 9.92. The fourth-order valence-corrected chi connectivity index (χ4v) is 2.61. The quantitative estimate of drug-likeness (QED) is 0.774. The normalized spacial score (nSPS) is 17.1. The minimum atomic E-state index is -0.895. The SMILES string of the molecule is O=C(O)CC1(NC(=O)c2ccc(O)cc2)CCCC1. The Kier molecular flexibility index (Phi) is 3.74. The second kappa shape index (κ2) is 5.30. The average molecular weight is 263 g/mol. The Labute approximate surface area is 111 Å². The summed E-state index contributed by atoms with van der Waals surface area (Å²) in [4.78, 5) is 23.1. The molecule has 102 valence electrons. The summed E-state index contributed by atoms with van der Waals surface area (Å²) in [5.74, 6) is -1.09. The number of nitrogens with one attached hydrogen (secondary N) is 1. The summed E-state index contributed by atoms with van der Waals surface area (Å²) in [6.07, 6.45) is 3.22. The fourth-order valence-electron chi connectivity index (χ4n) is 2.61. The van der Waals surface area contributed by atoms with Crippen LogP contribution in [0, 0.1) is 0 Å². The molecule has 5 heteroatoms. The molecule has 19 heavy (non-hydrogen) atoms. The Morgan fingerprint density at radius 3 is 2.26 bits per heavy atom. The van der Waals surface area contributed by atoms with Crippen molar-refractivity contribution in [3.05, 3.63) is 29.8 Å². The minimum absolute atomic E-state index is 0.0448. The summed E-state index contributed by atoms with van der Waals surface area (Å²) in [5, 5.41) is 21.0. The van der Waals surface area contributed by atoms with Gasteiger partial charge in [0.05, 0.1) is 12.0 Å². The number of aromatic hydroxyl groups is 1. The molecule has 0 unspecified atom stereocenters. The smallest absolute Gasteiger partial charge is 0.305 e. The Hall–Kier alpha value is -2.04. The second-order valence-corrected chi connectivity index (χ2v) is 5.06. The zero-order chi connectivity index (χ0) is 13.9. The summed E-state index contributed by atoms with van der Waals surface area (Å²) >= 11 is 0.